The van der Waals surface area contributed by atoms with E-state index in [9.17, 15) is 4.79 Å². The van der Waals surface area contributed by atoms with E-state index in [1.807, 2.05) is 44.2 Å². The third kappa shape index (κ3) is 3.68. The number of hydrogen-bond acceptors (Lipinski definition) is 3. The number of aromatic nitrogens is 1. The second-order valence-electron chi connectivity index (χ2n) is 4.77. The lowest BCUT2D eigenvalue weighted by molar-refractivity contribution is -0.121. The average molecular weight is 257 g/mol. The largest absolute Gasteiger partial charge is 0.384 e. The van der Waals surface area contributed by atoms with E-state index >= 15 is 0 Å². The van der Waals surface area contributed by atoms with Crippen molar-refractivity contribution in [1.82, 2.24) is 10.3 Å². The van der Waals surface area contributed by atoms with Gasteiger partial charge in [-0.2, -0.15) is 0 Å². The van der Waals surface area contributed by atoms with Crippen LogP contribution < -0.4 is 10.6 Å². The third-order valence-corrected chi connectivity index (χ3v) is 2.77. The van der Waals surface area contributed by atoms with Gasteiger partial charge in [-0.3, -0.25) is 9.78 Å². The molecule has 0 unspecified atom stereocenters. The van der Waals surface area contributed by atoms with E-state index in [4.69, 9.17) is 0 Å². The van der Waals surface area contributed by atoms with E-state index in [1.165, 1.54) is 0 Å². The lowest BCUT2D eigenvalue weighted by Gasteiger charge is -2.11. The zero-order chi connectivity index (χ0) is 13.7. The number of para-hydroxylation sites is 1. The molecule has 4 heteroatoms. The molecule has 4 nitrogen and oxygen atoms in total. The summed E-state index contributed by atoms with van der Waals surface area (Å²) in [6.45, 7) is 4.54. The number of nitrogens with zero attached hydrogens (tertiary/aromatic N) is 1. The summed E-state index contributed by atoms with van der Waals surface area (Å²) < 4.78 is 0. The molecule has 0 spiro atoms. The second kappa shape index (κ2) is 6.18. The highest BCUT2D eigenvalue weighted by atomic mass is 16.1. The van der Waals surface area contributed by atoms with E-state index < -0.39 is 0 Å². The van der Waals surface area contributed by atoms with Crippen LogP contribution in [0.2, 0.25) is 0 Å². The highest BCUT2D eigenvalue weighted by Crippen LogP contribution is 2.20. The smallest absolute Gasteiger partial charge is 0.221 e. The number of benzene rings is 1. The summed E-state index contributed by atoms with van der Waals surface area (Å²) in [4.78, 5) is 15.8. The van der Waals surface area contributed by atoms with Crippen molar-refractivity contribution in [1.29, 1.82) is 0 Å². The van der Waals surface area contributed by atoms with E-state index in [0.29, 0.717) is 13.0 Å². The Hall–Kier alpha value is -2.10. The number of rotatable bonds is 5. The molecule has 1 aromatic heterocycles. The zero-order valence-corrected chi connectivity index (χ0v) is 11.3. The molecule has 0 fully saturated rings. The summed E-state index contributed by atoms with van der Waals surface area (Å²) in [7, 11) is 0. The van der Waals surface area contributed by atoms with Crippen molar-refractivity contribution in [2.75, 3.05) is 11.9 Å². The standard InChI is InChI=1S/C15H19N3O/c1-11(2)18-15(19)8-10-17-14-7-9-16-13-6-4-3-5-12(13)14/h3-7,9,11H,8,10H2,1-2H3,(H,16,17)(H,18,19). The first kappa shape index (κ1) is 13.3. The molecule has 1 amide bonds. The van der Waals surface area contributed by atoms with Crippen LogP contribution in [0.25, 0.3) is 10.9 Å². The van der Waals surface area contributed by atoms with Gasteiger partial charge in [0.2, 0.25) is 5.91 Å². The molecule has 19 heavy (non-hydrogen) atoms. The van der Waals surface area contributed by atoms with Gasteiger partial charge in [0.25, 0.3) is 0 Å². The number of nitrogens with one attached hydrogen (secondary N) is 2. The molecule has 100 valence electrons. The Labute approximate surface area is 113 Å². The summed E-state index contributed by atoms with van der Waals surface area (Å²) in [6, 6.07) is 10.1. The van der Waals surface area contributed by atoms with Gasteiger partial charge in [-0.05, 0) is 26.0 Å². The van der Waals surface area contributed by atoms with Crippen LogP contribution in [0.4, 0.5) is 5.69 Å². The average Bonchev–Trinajstić information content (AvgIpc) is 2.38. The van der Waals surface area contributed by atoms with Crippen LogP contribution in [0.5, 0.6) is 0 Å². The number of amides is 1. The predicted molar refractivity (Wildman–Crippen MR) is 78.1 cm³/mol. The van der Waals surface area contributed by atoms with Gasteiger partial charge in [-0.25, -0.2) is 0 Å². The van der Waals surface area contributed by atoms with Gasteiger partial charge in [0.15, 0.2) is 0 Å². The van der Waals surface area contributed by atoms with E-state index in [-0.39, 0.29) is 11.9 Å². The summed E-state index contributed by atoms with van der Waals surface area (Å²) in [6.07, 6.45) is 2.24. The molecule has 0 radical (unpaired) electrons. The van der Waals surface area contributed by atoms with Gasteiger partial charge in [0.05, 0.1) is 5.52 Å². The topological polar surface area (TPSA) is 54.0 Å². The van der Waals surface area contributed by atoms with Gasteiger partial charge in [0, 0.05) is 36.3 Å². The molecule has 0 atom stereocenters. The van der Waals surface area contributed by atoms with Gasteiger partial charge in [0.1, 0.15) is 0 Å². The van der Waals surface area contributed by atoms with Crippen molar-refractivity contribution in [3.63, 3.8) is 0 Å². The van der Waals surface area contributed by atoms with Crippen molar-refractivity contribution in [2.24, 2.45) is 0 Å². The van der Waals surface area contributed by atoms with Gasteiger partial charge in [-0.1, -0.05) is 18.2 Å². The Balaban J connectivity index is 1.97. The molecule has 0 aliphatic heterocycles. The fourth-order valence-electron chi connectivity index (χ4n) is 1.95. The summed E-state index contributed by atoms with van der Waals surface area (Å²) in [5.74, 6) is 0.0702. The molecule has 2 aromatic rings. The van der Waals surface area contributed by atoms with E-state index in [2.05, 4.69) is 15.6 Å². The monoisotopic (exact) mass is 257 g/mol. The Morgan fingerprint density at radius 2 is 2.05 bits per heavy atom. The van der Waals surface area contributed by atoms with Crippen LogP contribution in [0, 0.1) is 0 Å². The molecule has 2 rings (SSSR count). The molecule has 0 bridgehead atoms. The maximum atomic E-state index is 11.5. The minimum absolute atomic E-state index is 0.0702. The van der Waals surface area contributed by atoms with Crippen molar-refractivity contribution in [3.05, 3.63) is 36.5 Å². The maximum absolute atomic E-state index is 11.5. The molecule has 0 aliphatic rings. The third-order valence-electron chi connectivity index (χ3n) is 2.77. The summed E-state index contributed by atoms with van der Waals surface area (Å²) in [5.41, 5.74) is 1.97. The molecule has 2 N–H and O–H groups in total. The molecule has 0 saturated carbocycles. The zero-order valence-electron chi connectivity index (χ0n) is 11.3. The fraction of sp³-hybridized carbons (Fsp3) is 0.333. The Morgan fingerprint density at radius 3 is 2.84 bits per heavy atom. The first-order valence-corrected chi connectivity index (χ1v) is 6.54. The molecular formula is C15H19N3O. The normalized spacial score (nSPS) is 10.7. The number of anilines is 1. The molecule has 0 saturated heterocycles. The Morgan fingerprint density at radius 1 is 1.26 bits per heavy atom. The first-order valence-electron chi connectivity index (χ1n) is 6.54. The highest BCUT2D eigenvalue weighted by Gasteiger charge is 2.04. The lowest BCUT2D eigenvalue weighted by Crippen LogP contribution is -2.31. The number of fused-ring (bicyclic) bond motifs is 1. The Kier molecular flexibility index (Phi) is 4.34. The van der Waals surface area contributed by atoms with Crippen LogP contribution in [0.15, 0.2) is 36.5 Å². The molecule has 1 aromatic carbocycles. The predicted octanol–water partition coefficient (Wildman–Crippen LogP) is 2.56. The number of hydrogen-bond donors (Lipinski definition) is 2. The lowest BCUT2D eigenvalue weighted by atomic mass is 10.2. The molecule has 1 heterocycles. The number of pyridine rings is 1. The van der Waals surface area contributed by atoms with Crippen LogP contribution in [-0.2, 0) is 4.79 Å². The van der Waals surface area contributed by atoms with Crippen molar-refractivity contribution >= 4 is 22.5 Å². The van der Waals surface area contributed by atoms with Crippen LogP contribution in [-0.4, -0.2) is 23.5 Å². The van der Waals surface area contributed by atoms with Crippen LogP contribution in [0.3, 0.4) is 0 Å². The first-order chi connectivity index (χ1) is 9.16. The minimum atomic E-state index is 0.0702. The van der Waals surface area contributed by atoms with Gasteiger partial charge < -0.3 is 10.6 Å². The van der Waals surface area contributed by atoms with Crippen molar-refractivity contribution < 1.29 is 4.79 Å². The van der Waals surface area contributed by atoms with Crippen LogP contribution >= 0.6 is 0 Å². The number of carbonyl (C=O) groups is 1. The second-order valence-corrected chi connectivity index (χ2v) is 4.77. The van der Waals surface area contributed by atoms with Gasteiger partial charge in [-0.15, -0.1) is 0 Å². The van der Waals surface area contributed by atoms with Crippen LogP contribution in [0.1, 0.15) is 20.3 Å². The van der Waals surface area contributed by atoms with Gasteiger partial charge >= 0.3 is 0 Å². The Bertz CT molecular complexity index is 561. The highest BCUT2D eigenvalue weighted by molar-refractivity contribution is 5.91. The number of carbonyl (C=O) groups excluding carboxylic acids is 1. The minimum Gasteiger partial charge on any atom is -0.384 e. The van der Waals surface area contributed by atoms with Crippen molar-refractivity contribution in [2.45, 2.75) is 26.3 Å². The summed E-state index contributed by atoms with van der Waals surface area (Å²) >= 11 is 0. The SMILES string of the molecule is CC(C)NC(=O)CCNc1ccnc2ccccc12. The van der Waals surface area contributed by atoms with E-state index in [0.717, 1.165) is 16.6 Å². The molecule has 0 aliphatic carbocycles. The fourth-order valence-corrected chi connectivity index (χ4v) is 1.95. The van der Waals surface area contributed by atoms with Crippen molar-refractivity contribution in [3.8, 4) is 0 Å². The summed E-state index contributed by atoms with van der Waals surface area (Å²) in [5, 5.41) is 7.24. The maximum Gasteiger partial charge on any atom is 0.221 e. The quantitative estimate of drug-likeness (QED) is 0.865. The molecular weight excluding hydrogens is 238 g/mol. The van der Waals surface area contributed by atoms with E-state index in [1.54, 1.807) is 6.20 Å².